The van der Waals surface area contributed by atoms with Gasteiger partial charge in [0, 0.05) is 0 Å². The minimum absolute atomic E-state index is 0.0143. The first kappa shape index (κ1) is 12.8. The minimum atomic E-state index is -0.513. The Morgan fingerprint density at radius 1 is 1.15 bits per heavy atom. The topological polar surface area (TPSA) is 78.0 Å². The Morgan fingerprint density at radius 3 is 2.45 bits per heavy atom. The molecule has 0 radical (unpaired) electrons. The van der Waals surface area contributed by atoms with E-state index in [0.717, 1.165) is 32.1 Å². The molecule has 1 aliphatic rings. The maximum atomic E-state index is 12.5. The van der Waals surface area contributed by atoms with Gasteiger partial charge in [0.25, 0.3) is 5.56 Å². The van der Waals surface area contributed by atoms with Crippen LogP contribution < -0.4 is 5.56 Å². The van der Waals surface area contributed by atoms with Crippen molar-refractivity contribution in [2.45, 2.75) is 38.1 Å². The molecule has 0 unspecified atom stereocenters. The molecule has 0 bridgehead atoms. The monoisotopic (exact) mass is 273 g/mol. The van der Waals surface area contributed by atoms with Gasteiger partial charge in [0.05, 0.1) is 21.9 Å². The maximum absolute atomic E-state index is 12.5. The number of benzene rings is 1. The molecule has 3 rings (SSSR count). The molecule has 1 aliphatic carbocycles. The molecule has 104 valence electrons. The third-order valence-corrected chi connectivity index (χ3v) is 3.90. The fourth-order valence-corrected chi connectivity index (χ4v) is 2.90. The Balaban J connectivity index is 2.24. The summed E-state index contributed by atoms with van der Waals surface area (Å²) in [6.07, 6.45) is 4.96. The Kier molecular flexibility index (Phi) is 3.22. The number of fused-ring (bicyclic) bond motifs is 1. The van der Waals surface area contributed by atoms with Crippen molar-refractivity contribution in [1.29, 1.82) is 0 Å². The number of aromatic nitrogens is 2. The smallest absolute Gasteiger partial charge is 0.358 e. The summed E-state index contributed by atoms with van der Waals surface area (Å²) in [6, 6.07) is 6.60. The molecule has 6 nitrogen and oxygen atoms in total. The first-order valence-electron chi connectivity index (χ1n) is 6.84. The Hall–Kier alpha value is -2.24. The van der Waals surface area contributed by atoms with Gasteiger partial charge in [-0.1, -0.05) is 31.4 Å². The van der Waals surface area contributed by atoms with E-state index >= 15 is 0 Å². The van der Waals surface area contributed by atoms with Crippen LogP contribution in [0.25, 0.3) is 10.8 Å². The van der Waals surface area contributed by atoms with Crippen molar-refractivity contribution in [1.82, 2.24) is 9.78 Å². The lowest BCUT2D eigenvalue weighted by atomic mass is 9.95. The largest absolute Gasteiger partial charge is 0.396 e. The first-order chi connectivity index (χ1) is 9.68. The van der Waals surface area contributed by atoms with Crippen LogP contribution in [0.1, 0.15) is 38.1 Å². The molecular formula is C14H15N3O3. The molecule has 0 atom stereocenters. The second kappa shape index (κ2) is 5.03. The number of nitrogens with zero attached hydrogens (tertiary/aromatic N) is 3. The van der Waals surface area contributed by atoms with Crippen molar-refractivity contribution in [2.24, 2.45) is 0 Å². The van der Waals surface area contributed by atoms with E-state index in [-0.39, 0.29) is 17.4 Å². The highest BCUT2D eigenvalue weighted by atomic mass is 16.6. The molecular weight excluding hydrogens is 258 g/mol. The Labute approximate surface area is 115 Å². The Morgan fingerprint density at radius 2 is 1.80 bits per heavy atom. The SMILES string of the molecule is O=c1c2ccccc2c([N+](=O)[O-])nn1C1CCCCC1. The quantitative estimate of drug-likeness (QED) is 0.622. The Bertz CT molecular complexity index is 717. The summed E-state index contributed by atoms with van der Waals surface area (Å²) in [7, 11) is 0. The molecule has 0 aliphatic heterocycles. The highest BCUT2D eigenvalue weighted by Crippen LogP contribution is 2.28. The molecule has 6 heteroatoms. The average molecular weight is 273 g/mol. The second-order valence-electron chi connectivity index (χ2n) is 5.17. The van der Waals surface area contributed by atoms with Gasteiger partial charge in [-0.05, 0) is 29.9 Å². The van der Waals surface area contributed by atoms with Crippen molar-refractivity contribution >= 4 is 16.6 Å². The minimum Gasteiger partial charge on any atom is -0.358 e. The van der Waals surface area contributed by atoms with Gasteiger partial charge in [0.2, 0.25) is 0 Å². The van der Waals surface area contributed by atoms with Crippen LogP contribution in [-0.4, -0.2) is 14.7 Å². The molecule has 20 heavy (non-hydrogen) atoms. The maximum Gasteiger partial charge on any atom is 0.396 e. The highest BCUT2D eigenvalue weighted by Gasteiger charge is 2.26. The average Bonchev–Trinajstić information content (AvgIpc) is 2.48. The van der Waals surface area contributed by atoms with E-state index < -0.39 is 4.92 Å². The van der Waals surface area contributed by atoms with Crippen LogP contribution in [0.5, 0.6) is 0 Å². The van der Waals surface area contributed by atoms with Crippen molar-refractivity contribution < 1.29 is 4.92 Å². The third-order valence-electron chi connectivity index (χ3n) is 3.90. The van der Waals surface area contributed by atoms with E-state index in [2.05, 4.69) is 5.10 Å². The summed E-state index contributed by atoms with van der Waals surface area (Å²) < 4.78 is 1.33. The summed E-state index contributed by atoms with van der Waals surface area (Å²) in [4.78, 5) is 23.2. The van der Waals surface area contributed by atoms with Crippen molar-refractivity contribution in [3.63, 3.8) is 0 Å². The number of nitro groups is 1. The molecule has 1 aromatic carbocycles. The van der Waals surface area contributed by atoms with E-state index in [1.54, 1.807) is 24.3 Å². The van der Waals surface area contributed by atoms with Gasteiger partial charge in [-0.2, -0.15) is 0 Å². The van der Waals surface area contributed by atoms with Gasteiger partial charge < -0.3 is 10.1 Å². The fourth-order valence-electron chi connectivity index (χ4n) is 2.90. The molecule has 1 fully saturated rings. The second-order valence-corrected chi connectivity index (χ2v) is 5.17. The molecule has 1 saturated carbocycles. The molecule has 0 spiro atoms. The molecule has 0 N–H and O–H groups in total. The van der Waals surface area contributed by atoms with Crippen LogP contribution in [0.4, 0.5) is 5.82 Å². The molecule has 2 aromatic rings. The summed E-state index contributed by atoms with van der Waals surface area (Å²) in [5.41, 5.74) is -0.224. The highest BCUT2D eigenvalue weighted by molar-refractivity contribution is 5.87. The summed E-state index contributed by atoms with van der Waals surface area (Å²) in [5.74, 6) is -0.231. The van der Waals surface area contributed by atoms with Crippen LogP contribution in [-0.2, 0) is 0 Å². The fraction of sp³-hybridized carbons (Fsp3) is 0.429. The van der Waals surface area contributed by atoms with Crippen LogP contribution in [0.15, 0.2) is 29.1 Å². The summed E-state index contributed by atoms with van der Waals surface area (Å²) >= 11 is 0. The lowest BCUT2D eigenvalue weighted by Crippen LogP contribution is -2.29. The standard InChI is InChI=1S/C14H15N3O3/c18-14-12-9-5-4-8-11(12)13(17(19)20)15-16(14)10-6-2-1-3-7-10/h4-5,8-10H,1-3,6-7H2. The van der Waals surface area contributed by atoms with Crippen LogP contribution in [0.2, 0.25) is 0 Å². The van der Waals surface area contributed by atoms with Gasteiger partial charge in [0.1, 0.15) is 0 Å². The first-order valence-corrected chi connectivity index (χ1v) is 6.84. The van der Waals surface area contributed by atoms with Crippen LogP contribution in [0, 0.1) is 10.1 Å². The lowest BCUT2D eigenvalue weighted by molar-refractivity contribution is -0.388. The molecule has 0 saturated heterocycles. The van der Waals surface area contributed by atoms with Gasteiger partial charge in [-0.15, -0.1) is 4.68 Å². The van der Waals surface area contributed by atoms with Crippen LogP contribution in [0.3, 0.4) is 0 Å². The molecule has 0 amide bonds. The van der Waals surface area contributed by atoms with Crippen molar-refractivity contribution in [2.75, 3.05) is 0 Å². The number of rotatable bonds is 2. The van der Waals surface area contributed by atoms with Crippen LogP contribution >= 0.6 is 0 Å². The number of hydrogen-bond acceptors (Lipinski definition) is 4. The summed E-state index contributed by atoms with van der Waals surface area (Å²) in [5, 5.41) is 15.9. The van der Waals surface area contributed by atoms with E-state index in [4.69, 9.17) is 0 Å². The molecule has 1 aromatic heterocycles. The van der Waals surface area contributed by atoms with E-state index in [0.29, 0.717) is 10.8 Å². The molecule has 1 heterocycles. The predicted molar refractivity (Wildman–Crippen MR) is 74.8 cm³/mol. The van der Waals surface area contributed by atoms with Gasteiger partial charge in [0.15, 0.2) is 0 Å². The third kappa shape index (κ3) is 2.07. The van der Waals surface area contributed by atoms with Gasteiger partial charge in [-0.25, -0.2) is 0 Å². The number of hydrogen-bond donors (Lipinski definition) is 0. The van der Waals surface area contributed by atoms with E-state index in [9.17, 15) is 14.9 Å². The zero-order valence-corrected chi connectivity index (χ0v) is 11.0. The van der Waals surface area contributed by atoms with Gasteiger partial charge in [-0.3, -0.25) is 4.79 Å². The predicted octanol–water partition coefficient (Wildman–Crippen LogP) is 2.81. The van der Waals surface area contributed by atoms with Crippen molar-refractivity contribution in [3.05, 3.63) is 44.7 Å². The zero-order valence-electron chi connectivity index (χ0n) is 11.0. The normalized spacial score (nSPS) is 16.4. The summed E-state index contributed by atoms with van der Waals surface area (Å²) in [6.45, 7) is 0. The van der Waals surface area contributed by atoms with E-state index in [1.807, 2.05) is 0 Å². The van der Waals surface area contributed by atoms with E-state index in [1.165, 1.54) is 4.68 Å². The van der Waals surface area contributed by atoms with Crippen molar-refractivity contribution in [3.8, 4) is 0 Å². The lowest BCUT2D eigenvalue weighted by Gasteiger charge is -2.20. The van der Waals surface area contributed by atoms with Gasteiger partial charge >= 0.3 is 5.82 Å². The zero-order chi connectivity index (χ0) is 14.1.